The fourth-order valence-corrected chi connectivity index (χ4v) is 4.81. The van der Waals surface area contributed by atoms with E-state index in [9.17, 15) is 9.59 Å². The van der Waals surface area contributed by atoms with Crippen molar-refractivity contribution < 1.29 is 14.3 Å². The van der Waals surface area contributed by atoms with Crippen LogP contribution in [0.3, 0.4) is 0 Å². The zero-order valence-corrected chi connectivity index (χ0v) is 23.8. The number of piperazine rings is 1. The Bertz CT molecular complexity index is 1310. The quantitative estimate of drug-likeness (QED) is 0.261. The Morgan fingerprint density at radius 1 is 0.949 bits per heavy atom. The van der Waals surface area contributed by atoms with Gasteiger partial charge in [-0.15, -0.1) is 0 Å². The van der Waals surface area contributed by atoms with Crippen molar-refractivity contribution in [3.05, 3.63) is 88.4 Å². The minimum Gasteiger partial charge on any atom is -0.494 e. The number of nitrogens with one attached hydrogen (secondary N) is 2. The Labute approximate surface area is 240 Å². The molecule has 0 unspecified atom stereocenters. The van der Waals surface area contributed by atoms with Crippen LogP contribution in [-0.4, -0.2) is 54.6 Å². The molecular formula is C30H33ClN4O3S. The molecule has 4 rings (SSSR count). The average molecular weight is 565 g/mol. The van der Waals surface area contributed by atoms with E-state index in [4.69, 9.17) is 28.6 Å². The number of rotatable bonds is 8. The number of aryl methyl sites for hydroxylation is 1. The maximum Gasteiger partial charge on any atom is 0.257 e. The molecule has 1 aliphatic heterocycles. The van der Waals surface area contributed by atoms with E-state index in [1.165, 1.54) is 0 Å². The highest BCUT2D eigenvalue weighted by Gasteiger charge is 2.25. The van der Waals surface area contributed by atoms with E-state index < -0.39 is 0 Å². The first-order valence-electron chi connectivity index (χ1n) is 13.1. The molecule has 1 fully saturated rings. The van der Waals surface area contributed by atoms with Gasteiger partial charge in [-0.2, -0.15) is 0 Å². The van der Waals surface area contributed by atoms with Gasteiger partial charge in [0.15, 0.2) is 5.11 Å². The SMILES string of the molecule is CCCCOc1ccc(C(=O)NC(=S)Nc2cccc(Cl)c2N2CCN(C(=O)c3ccc(C)cc3)CC2)cc1. The molecule has 204 valence electrons. The summed E-state index contributed by atoms with van der Waals surface area (Å²) in [5.74, 6) is 0.431. The normalized spacial score (nSPS) is 13.1. The average Bonchev–Trinajstić information content (AvgIpc) is 2.94. The number of amides is 2. The van der Waals surface area contributed by atoms with E-state index in [2.05, 4.69) is 22.5 Å². The van der Waals surface area contributed by atoms with Crippen LogP contribution in [0.5, 0.6) is 5.75 Å². The summed E-state index contributed by atoms with van der Waals surface area (Å²) < 4.78 is 5.66. The van der Waals surface area contributed by atoms with E-state index in [0.717, 1.165) is 29.8 Å². The highest BCUT2D eigenvalue weighted by molar-refractivity contribution is 7.80. The molecule has 0 bridgehead atoms. The first kappa shape index (κ1) is 28.4. The first-order valence-corrected chi connectivity index (χ1v) is 13.9. The summed E-state index contributed by atoms with van der Waals surface area (Å²) in [7, 11) is 0. The molecule has 1 heterocycles. The van der Waals surface area contributed by atoms with Gasteiger partial charge in [0.05, 0.1) is 23.0 Å². The molecule has 2 amide bonds. The van der Waals surface area contributed by atoms with Gasteiger partial charge in [0.2, 0.25) is 0 Å². The molecular weight excluding hydrogens is 532 g/mol. The number of anilines is 2. The standard InChI is InChI=1S/C30H33ClN4O3S/c1-3-4-20-38-24-14-12-22(13-15-24)28(36)33-30(39)32-26-7-5-6-25(31)27(26)34-16-18-35(19-17-34)29(37)23-10-8-21(2)9-11-23/h5-15H,3-4,16-20H2,1-2H3,(H2,32,33,36,39). The smallest absolute Gasteiger partial charge is 0.257 e. The van der Waals surface area contributed by atoms with Gasteiger partial charge in [-0.05, 0) is 74.1 Å². The van der Waals surface area contributed by atoms with Crippen LogP contribution in [0, 0.1) is 6.92 Å². The third-order valence-electron chi connectivity index (χ3n) is 6.53. The van der Waals surface area contributed by atoms with Crippen LogP contribution >= 0.6 is 23.8 Å². The highest BCUT2D eigenvalue weighted by atomic mass is 35.5. The second-order valence-electron chi connectivity index (χ2n) is 9.42. The molecule has 1 aliphatic rings. The maximum absolute atomic E-state index is 12.9. The van der Waals surface area contributed by atoms with Gasteiger partial charge in [0, 0.05) is 37.3 Å². The summed E-state index contributed by atoms with van der Waals surface area (Å²) in [6.07, 6.45) is 2.04. The Kier molecular flexibility index (Phi) is 9.79. The topological polar surface area (TPSA) is 73.9 Å². The molecule has 3 aromatic carbocycles. The Morgan fingerprint density at radius 3 is 2.28 bits per heavy atom. The monoisotopic (exact) mass is 564 g/mol. The van der Waals surface area contributed by atoms with Gasteiger partial charge in [-0.1, -0.05) is 48.7 Å². The number of thiocarbonyl (C=S) groups is 1. The van der Waals surface area contributed by atoms with E-state index in [-0.39, 0.29) is 16.9 Å². The molecule has 0 saturated carbocycles. The van der Waals surface area contributed by atoms with Crippen LogP contribution in [0.25, 0.3) is 0 Å². The fraction of sp³-hybridized carbons (Fsp3) is 0.300. The molecule has 0 aliphatic carbocycles. The Balaban J connectivity index is 1.36. The van der Waals surface area contributed by atoms with Crippen molar-refractivity contribution in [2.75, 3.05) is 43.0 Å². The van der Waals surface area contributed by atoms with Crippen LogP contribution < -0.4 is 20.3 Å². The number of halogens is 1. The van der Waals surface area contributed by atoms with Crippen LogP contribution in [0.15, 0.2) is 66.7 Å². The number of unbranched alkanes of at least 4 members (excludes halogenated alkanes) is 1. The molecule has 0 spiro atoms. The first-order chi connectivity index (χ1) is 18.9. The van der Waals surface area contributed by atoms with Crippen molar-refractivity contribution in [1.82, 2.24) is 10.2 Å². The van der Waals surface area contributed by atoms with Gasteiger partial charge in [-0.25, -0.2) is 0 Å². The van der Waals surface area contributed by atoms with Gasteiger partial charge in [0.25, 0.3) is 11.8 Å². The lowest BCUT2D eigenvalue weighted by atomic mass is 10.1. The highest BCUT2D eigenvalue weighted by Crippen LogP contribution is 2.34. The molecule has 0 radical (unpaired) electrons. The summed E-state index contributed by atoms with van der Waals surface area (Å²) in [6.45, 7) is 7.12. The summed E-state index contributed by atoms with van der Waals surface area (Å²) in [4.78, 5) is 29.7. The number of nitrogens with zero attached hydrogens (tertiary/aromatic N) is 2. The Hall–Kier alpha value is -3.62. The van der Waals surface area contributed by atoms with Crippen molar-refractivity contribution in [2.24, 2.45) is 0 Å². The minimum atomic E-state index is -0.320. The molecule has 0 aromatic heterocycles. The number of hydrogen-bond acceptors (Lipinski definition) is 5. The third-order valence-corrected chi connectivity index (χ3v) is 7.04. The van der Waals surface area contributed by atoms with Crippen LogP contribution in [0.4, 0.5) is 11.4 Å². The fourth-order valence-electron chi connectivity index (χ4n) is 4.32. The molecule has 39 heavy (non-hydrogen) atoms. The molecule has 2 N–H and O–H groups in total. The molecule has 0 atom stereocenters. The lowest BCUT2D eigenvalue weighted by molar-refractivity contribution is 0.0746. The van der Waals surface area contributed by atoms with Gasteiger partial charge in [-0.3, -0.25) is 14.9 Å². The predicted octanol–water partition coefficient (Wildman–Crippen LogP) is 5.92. The zero-order chi connectivity index (χ0) is 27.8. The second-order valence-corrected chi connectivity index (χ2v) is 10.2. The van der Waals surface area contributed by atoms with Crippen molar-refractivity contribution in [3.8, 4) is 5.75 Å². The number of para-hydroxylation sites is 1. The van der Waals surface area contributed by atoms with E-state index in [1.807, 2.05) is 54.3 Å². The number of hydrogen-bond donors (Lipinski definition) is 2. The second kappa shape index (κ2) is 13.4. The summed E-state index contributed by atoms with van der Waals surface area (Å²) in [5, 5.41) is 6.59. The summed E-state index contributed by atoms with van der Waals surface area (Å²) in [6, 6.07) is 20.1. The van der Waals surface area contributed by atoms with Crippen LogP contribution in [-0.2, 0) is 0 Å². The summed E-state index contributed by atoms with van der Waals surface area (Å²) in [5.41, 5.74) is 3.75. The van der Waals surface area contributed by atoms with Crippen molar-refractivity contribution >= 4 is 52.1 Å². The lowest BCUT2D eigenvalue weighted by Gasteiger charge is -2.37. The number of ether oxygens (including phenoxy) is 1. The van der Waals surface area contributed by atoms with Gasteiger partial charge < -0.3 is 19.9 Å². The number of carbonyl (C=O) groups is 2. The van der Waals surface area contributed by atoms with Crippen LogP contribution in [0.1, 0.15) is 46.0 Å². The van der Waals surface area contributed by atoms with E-state index in [0.29, 0.717) is 54.6 Å². The molecule has 9 heteroatoms. The lowest BCUT2D eigenvalue weighted by Crippen LogP contribution is -2.49. The molecule has 3 aromatic rings. The van der Waals surface area contributed by atoms with Crippen molar-refractivity contribution in [3.63, 3.8) is 0 Å². The molecule has 1 saturated heterocycles. The molecule has 7 nitrogen and oxygen atoms in total. The Morgan fingerprint density at radius 2 is 1.62 bits per heavy atom. The van der Waals surface area contributed by atoms with Crippen LogP contribution in [0.2, 0.25) is 5.02 Å². The number of benzene rings is 3. The predicted molar refractivity (Wildman–Crippen MR) is 161 cm³/mol. The zero-order valence-electron chi connectivity index (χ0n) is 22.2. The largest absolute Gasteiger partial charge is 0.494 e. The van der Waals surface area contributed by atoms with E-state index >= 15 is 0 Å². The van der Waals surface area contributed by atoms with Crippen molar-refractivity contribution in [2.45, 2.75) is 26.7 Å². The van der Waals surface area contributed by atoms with Gasteiger partial charge >= 0.3 is 0 Å². The van der Waals surface area contributed by atoms with E-state index in [1.54, 1.807) is 24.3 Å². The van der Waals surface area contributed by atoms with Gasteiger partial charge in [0.1, 0.15) is 5.75 Å². The summed E-state index contributed by atoms with van der Waals surface area (Å²) >= 11 is 12.1. The number of carbonyl (C=O) groups excluding carboxylic acids is 2. The maximum atomic E-state index is 12.9. The minimum absolute atomic E-state index is 0.0246. The third kappa shape index (κ3) is 7.49. The van der Waals surface area contributed by atoms with Crippen molar-refractivity contribution in [1.29, 1.82) is 0 Å².